The van der Waals surface area contributed by atoms with E-state index in [9.17, 15) is 9.59 Å². The molecule has 7 nitrogen and oxygen atoms in total. The third-order valence-corrected chi connectivity index (χ3v) is 7.16. The second-order valence-corrected chi connectivity index (χ2v) is 9.92. The van der Waals surface area contributed by atoms with Crippen LogP contribution in [0, 0.1) is 0 Å². The van der Waals surface area contributed by atoms with E-state index in [1.807, 2.05) is 65.6 Å². The molecule has 0 unspecified atom stereocenters. The first-order chi connectivity index (χ1) is 18.4. The van der Waals surface area contributed by atoms with Crippen molar-refractivity contribution in [2.45, 2.75) is 19.3 Å². The maximum absolute atomic E-state index is 12.7. The molecule has 38 heavy (non-hydrogen) atoms. The van der Waals surface area contributed by atoms with Crippen molar-refractivity contribution in [1.29, 1.82) is 0 Å². The number of halogens is 2. The highest BCUT2D eigenvalue weighted by atomic mass is 35.5. The summed E-state index contributed by atoms with van der Waals surface area (Å²) in [5.41, 5.74) is 3.38. The summed E-state index contributed by atoms with van der Waals surface area (Å²) in [7, 11) is 1.36. The maximum Gasteiger partial charge on any atom is 0.337 e. The van der Waals surface area contributed by atoms with Gasteiger partial charge in [-0.2, -0.15) is 0 Å². The van der Waals surface area contributed by atoms with Crippen LogP contribution < -0.4 is 5.32 Å². The number of ether oxygens (including phenoxy) is 2. The number of carbonyl (C=O) groups is 2. The van der Waals surface area contributed by atoms with Crippen LogP contribution in [0.25, 0.3) is 0 Å². The van der Waals surface area contributed by atoms with E-state index in [2.05, 4.69) is 10.2 Å². The molecule has 1 saturated heterocycles. The third-order valence-electron chi connectivity index (χ3n) is 6.54. The van der Waals surface area contributed by atoms with Crippen LogP contribution in [-0.4, -0.2) is 61.6 Å². The first-order valence-electron chi connectivity index (χ1n) is 12.5. The minimum Gasteiger partial charge on any atom is -0.465 e. The fraction of sp³-hybridized carbons (Fsp3) is 0.310. The number of methoxy groups -OCH3 is 1. The molecule has 200 valence electrons. The summed E-state index contributed by atoms with van der Waals surface area (Å²) >= 11 is 12.3. The Kier molecular flexibility index (Phi) is 10.0. The molecule has 0 bridgehead atoms. The van der Waals surface area contributed by atoms with Crippen LogP contribution in [0.3, 0.4) is 0 Å². The first-order valence-corrected chi connectivity index (χ1v) is 13.2. The highest BCUT2D eigenvalue weighted by molar-refractivity contribution is 6.31. The molecule has 3 aromatic carbocycles. The summed E-state index contributed by atoms with van der Waals surface area (Å²) in [6.07, 6.45) is -0.187. The predicted molar refractivity (Wildman–Crippen MR) is 148 cm³/mol. The molecular weight excluding hydrogens is 525 g/mol. The number of benzene rings is 3. The Labute approximate surface area is 233 Å². The first kappa shape index (κ1) is 27.9. The van der Waals surface area contributed by atoms with Gasteiger partial charge in [-0.25, -0.2) is 9.59 Å². The molecule has 9 heteroatoms. The lowest BCUT2D eigenvalue weighted by molar-refractivity contribution is 0.00554. The van der Waals surface area contributed by atoms with Crippen molar-refractivity contribution in [3.05, 3.63) is 105 Å². The number of amides is 2. The van der Waals surface area contributed by atoms with Gasteiger partial charge < -0.3 is 19.7 Å². The van der Waals surface area contributed by atoms with Gasteiger partial charge in [0.15, 0.2) is 0 Å². The van der Waals surface area contributed by atoms with Crippen molar-refractivity contribution in [3.8, 4) is 0 Å². The summed E-state index contributed by atoms with van der Waals surface area (Å²) in [6.45, 7) is 4.18. The summed E-state index contributed by atoms with van der Waals surface area (Å²) in [4.78, 5) is 28.5. The zero-order chi connectivity index (χ0) is 26.9. The van der Waals surface area contributed by atoms with Gasteiger partial charge in [0.1, 0.15) is 0 Å². The van der Waals surface area contributed by atoms with Crippen LogP contribution in [0.2, 0.25) is 10.0 Å². The number of rotatable bonds is 9. The van der Waals surface area contributed by atoms with Gasteiger partial charge in [-0.3, -0.25) is 4.90 Å². The SMILES string of the molecule is COC(=O)c1ccc(CO[C@H](CN2CCN(C(=O)NCc3ccccc3Cl)CC2)c2ccc(Cl)cc2)cc1. The second kappa shape index (κ2) is 13.6. The summed E-state index contributed by atoms with van der Waals surface area (Å²) < 4.78 is 11.1. The zero-order valence-electron chi connectivity index (χ0n) is 21.2. The average molecular weight is 556 g/mol. The van der Waals surface area contributed by atoms with E-state index in [0.29, 0.717) is 48.4 Å². The van der Waals surface area contributed by atoms with E-state index in [4.69, 9.17) is 32.7 Å². The van der Waals surface area contributed by atoms with E-state index in [-0.39, 0.29) is 18.1 Å². The minimum absolute atomic E-state index is 0.0922. The number of urea groups is 1. The van der Waals surface area contributed by atoms with Crippen LogP contribution in [0.15, 0.2) is 72.8 Å². The maximum atomic E-state index is 12.7. The number of hydrogen-bond acceptors (Lipinski definition) is 5. The Balaban J connectivity index is 1.32. The topological polar surface area (TPSA) is 71.1 Å². The molecule has 1 fully saturated rings. The summed E-state index contributed by atoms with van der Waals surface area (Å²) in [5.74, 6) is -0.367. The van der Waals surface area contributed by atoms with Gasteiger partial charge in [0.25, 0.3) is 0 Å². The van der Waals surface area contributed by atoms with E-state index in [1.54, 1.807) is 12.1 Å². The molecule has 1 aliphatic rings. The largest absolute Gasteiger partial charge is 0.465 e. The number of nitrogens with one attached hydrogen (secondary N) is 1. The number of nitrogens with zero attached hydrogens (tertiary/aromatic N) is 2. The lowest BCUT2D eigenvalue weighted by atomic mass is 10.1. The molecule has 1 aliphatic heterocycles. The Morgan fingerprint density at radius 1 is 0.921 bits per heavy atom. The Bertz CT molecular complexity index is 1210. The Hall–Kier alpha value is -3.10. The van der Waals surface area contributed by atoms with E-state index in [1.165, 1.54) is 7.11 Å². The van der Waals surface area contributed by atoms with E-state index >= 15 is 0 Å². The van der Waals surface area contributed by atoms with Crippen LogP contribution in [0.5, 0.6) is 0 Å². The highest BCUT2D eigenvalue weighted by Crippen LogP contribution is 2.24. The van der Waals surface area contributed by atoms with Gasteiger partial charge in [-0.15, -0.1) is 0 Å². The van der Waals surface area contributed by atoms with Gasteiger partial charge in [-0.1, -0.05) is 65.7 Å². The van der Waals surface area contributed by atoms with Crippen molar-refractivity contribution in [2.24, 2.45) is 0 Å². The summed E-state index contributed by atoms with van der Waals surface area (Å²) in [5, 5.41) is 4.28. The smallest absolute Gasteiger partial charge is 0.337 e. The lowest BCUT2D eigenvalue weighted by Crippen LogP contribution is -2.52. The van der Waals surface area contributed by atoms with E-state index in [0.717, 1.165) is 29.8 Å². The van der Waals surface area contributed by atoms with Gasteiger partial charge >= 0.3 is 12.0 Å². The second-order valence-electron chi connectivity index (χ2n) is 9.08. The van der Waals surface area contributed by atoms with Gasteiger partial charge in [0.05, 0.1) is 25.4 Å². The predicted octanol–water partition coefficient (Wildman–Crippen LogP) is 5.57. The Morgan fingerprint density at radius 3 is 2.26 bits per heavy atom. The molecule has 1 atom stereocenters. The van der Waals surface area contributed by atoms with Crippen molar-refractivity contribution in [3.63, 3.8) is 0 Å². The van der Waals surface area contributed by atoms with Gasteiger partial charge in [-0.05, 0) is 47.0 Å². The average Bonchev–Trinajstić information content (AvgIpc) is 2.95. The molecule has 1 N–H and O–H groups in total. The van der Waals surface area contributed by atoms with Crippen molar-refractivity contribution in [1.82, 2.24) is 15.1 Å². The molecule has 0 aliphatic carbocycles. The van der Waals surface area contributed by atoms with Crippen molar-refractivity contribution < 1.29 is 19.1 Å². The standard InChI is InChI=1S/C29H31Cl2N3O4/c1-37-28(35)23-8-6-21(7-9-23)20-38-27(22-10-12-25(30)13-11-22)19-33-14-16-34(17-15-33)29(36)32-18-24-4-2-3-5-26(24)31/h2-13,27H,14-20H2,1H3,(H,32,36)/t27-/m1/s1. The van der Waals surface area contributed by atoms with Gasteiger partial charge in [0.2, 0.25) is 0 Å². The van der Waals surface area contributed by atoms with Crippen LogP contribution in [0.4, 0.5) is 4.79 Å². The Morgan fingerprint density at radius 2 is 1.61 bits per heavy atom. The molecule has 2 amide bonds. The number of esters is 1. The fourth-order valence-electron chi connectivity index (χ4n) is 4.28. The quantitative estimate of drug-likeness (QED) is 0.350. The molecule has 0 radical (unpaired) electrons. The third kappa shape index (κ3) is 7.71. The van der Waals surface area contributed by atoms with Crippen LogP contribution >= 0.6 is 23.2 Å². The van der Waals surface area contributed by atoms with Gasteiger partial charge in [0, 0.05) is 49.3 Å². The molecule has 0 spiro atoms. The zero-order valence-corrected chi connectivity index (χ0v) is 22.8. The summed E-state index contributed by atoms with van der Waals surface area (Å²) in [6, 6.07) is 22.3. The number of hydrogen-bond donors (Lipinski definition) is 1. The van der Waals surface area contributed by atoms with Crippen molar-refractivity contribution >= 4 is 35.2 Å². The fourth-order valence-corrected chi connectivity index (χ4v) is 4.60. The molecule has 3 aromatic rings. The molecule has 0 aromatic heterocycles. The van der Waals surface area contributed by atoms with E-state index < -0.39 is 0 Å². The van der Waals surface area contributed by atoms with Crippen LogP contribution in [0.1, 0.15) is 33.2 Å². The highest BCUT2D eigenvalue weighted by Gasteiger charge is 2.24. The monoisotopic (exact) mass is 555 g/mol. The normalized spacial score (nSPS) is 14.7. The van der Waals surface area contributed by atoms with Crippen molar-refractivity contribution in [2.75, 3.05) is 39.8 Å². The number of carbonyl (C=O) groups excluding carboxylic acids is 2. The lowest BCUT2D eigenvalue weighted by Gasteiger charge is -2.36. The molecular formula is C29H31Cl2N3O4. The molecule has 1 heterocycles. The minimum atomic E-state index is -0.367. The molecule has 0 saturated carbocycles. The number of piperazine rings is 1. The van der Waals surface area contributed by atoms with Crippen LogP contribution in [-0.2, 0) is 22.6 Å². The molecule has 4 rings (SSSR count).